The Hall–Kier alpha value is -3.24. The molecule has 5 rings (SSSR count). The van der Waals surface area contributed by atoms with E-state index in [2.05, 4.69) is 84.7 Å². The molecule has 0 bridgehead atoms. The van der Waals surface area contributed by atoms with Crippen LogP contribution < -0.4 is 20.6 Å². The van der Waals surface area contributed by atoms with E-state index >= 15 is 0 Å². The molecule has 8 nitrogen and oxygen atoms in total. The normalized spacial score (nSPS) is 18.1. The summed E-state index contributed by atoms with van der Waals surface area (Å²) in [6.45, 7) is 18.0. The molecule has 1 aliphatic rings. The second-order valence-corrected chi connectivity index (χ2v) is 18.4. The first kappa shape index (κ1) is 32.2. The summed E-state index contributed by atoms with van der Waals surface area (Å²) in [5.41, 5.74) is 1.57. The molecule has 1 fully saturated rings. The van der Waals surface area contributed by atoms with Crippen LogP contribution in [0.2, 0.25) is 10.1 Å². The standard InChI is InChI=1S/C34H43ClN4O4Si/c1-22-19-39(20-23(2)42-22)30-26(36-28-29(32(40)37-33(3,4)5)38-43-31(28)27(30)35)21-41-44(34(6,7)8,24-15-11-9-12-16-24)25-17-13-10-14-18-25/h9-18,22-23H,19-21H2,1-8H3,(H,37,40)/t22-,23+. The van der Waals surface area contributed by atoms with E-state index in [9.17, 15) is 4.79 Å². The van der Waals surface area contributed by atoms with Crippen LogP contribution in [0, 0.1) is 0 Å². The Bertz CT molecular complexity index is 1570. The Labute approximate surface area is 266 Å². The number of benzene rings is 2. The molecule has 3 heterocycles. The molecule has 0 radical (unpaired) electrons. The van der Waals surface area contributed by atoms with Gasteiger partial charge in [-0.3, -0.25) is 4.79 Å². The number of anilines is 1. The van der Waals surface area contributed by atoms with Crippen LogP contribution in [0.4, 0.5) is 5.69 Å². The van der Waals surface area contributed by atoms with Crippen LogP contribution in [0.25, 0.3) is 11.1 Å². The number of halogens is 1. The molecule has 10 heteroatoms. The lowest BCUT2D eigenvalue weighted by Gasteiger charge is -2.43. The minimum Gasteiger partial charge on any atom is -0.401 e. The maximum Gasteiger partial charge on any atom is 0.276 e. The number of fused-ring (bicyclic) bond motifs is 1. The van der Waals surface area contributed by atoms with Crippen molar-refractivity contribution in [1.29, 1.82) is 0 Å². The van der Waals surface area contributed by atoms with Crippen LogP contribution in [-0.2, 0) is 15.8 Å². The van der Waals surface area contributed by atoms with Crippen LogP contribution in [-0.4, -0.2) is 55.2 Å². The first-order chi connectivity index (χ1) is 20.7. The van der Waals surface area contributed by atoms with Gasteiger partial charge in [0.1, 0.15) is 10.5 Å². The third kappa shape index (κ3) is 6.29. The van der Waals surface area contributed by atoms with Gasteiger partial charge in [0.25, 0.3) is 14.2 Å². The Morgan fingerprint density at radius 1 is 0.977 bits per heavy atom. The summed E-state index contributed by atoms with van der Waals surface area (Å²) in [6, 6.07) is 21.0. The van der Waals surface area contributed by atoms with Gasteiger partial charge in [0.2, 0.25) is 5.58 Å². The lowest BCUT2D eigenvalue weighted by Crippen LogP contribution is -2.66. The summed E-state index contributed by atoms with van der Waals surface area (Å²) in [5, 5.41) is 9.55. The van der Waals surface area contributed by atoms with Crippen molar-refractivity contribution in [3.63, 3.8) is 0 Å². The van der Waals surface area contributed by atoms with Crippen LogP contribution >= 0.6 is 11.6 Å². The summed E-state index contributed by atoms with van der Waals surface area (Å²) >= 11 is 7.17. The molecule has 1 amide bonds. The molecule has 234 valence electrons. The number of ether oxygens (including phenoxy) is 1. The predicted octanol–water partition coefficient (Wildman–Crippen LogP) is 6.09. The summed E-state index contributed by atoms with van der Waals surface area (Å²) in [4.78, 5) is 20.5. The van der Waals surface area contributed by atoms with Gasteiger partial charge in [0.15, 0.2) is 5.69 Å². The van der Waals surface area contributed by atoms with Gasteiger partial charge >= 0.3 is 0 Å². The number of aromatic nitrogens is 2. The van der Waals surface area contributed by atoms with E-state index in [1.54, 1.807) is 0 Å². The van der Waals surface area contributed by atoms with Gasteiger partial charge in [-0.15, -0.1) is 0 Å². The van der Waals surface area contributed by atoms with Crippen molar-refractivity contribution >= 4 is 53.0 Å². The Balaban J connectivity index is 1.69. The molecule has 2 aromatic heterocycles. The van der Waals surface area contributed by atoms with Gasteiger partial charge in [-0.25, -0.2) is 4.98 Å². The van der Waals surface area contributed by atoms with Gasteiger partial charge in [-0.1, -0.05) is 98.2 Å². The Kier molecular flexibility index (Phi) is 8.97. The van der Waals surface area contributed by atoms with Gasteiger partial charge in [-0.05, 0) is 50.0 Å². The molecule has 1 aliphatic heterocycles. The summed E-state index contributed by atoms with van der Waals surface area (Å²) in [6.07, 6.45) is -0.0300. The van der Waals surface area contributed by atoms with Gasteiger partial charge in [-0.2, -0.15) is 0 Å². The third-order valence-corrected chi connectivity index (χ3v) is 13.2. The van der Waals surface area contributed by atoms with E-state index in [0.29, 0.717) is 29.3 Å². The number of hydrogen-bond donors (Lipinski definition) is 1. The van der Waals surface area contributed by atoms with Gasteiger partial charge in [0.05, 0.1) is 30.2 Å². The van der Waals surface area contributed by atoms with Crippen molar-refractivity contribution in [2.45, 2.75) is 84.8 Å². The molecule has 44 heavy (non-hydrogen) atoms. The lowest BCUT2D eigenvalue weighted by molar-refractivity contribution is -0.00532. The number of amides is 1. The topological polar surface area (TPSA) is 89.7 Å². The highest BCUT2D eigenvalue weighted by atomic mass is 35.5. The van der Waals surface area contributed by atoms with Crippen molar-refractivity contribution in [2.75, 3.05) is 18.0 Å². The van der Waals surface area contributed by atoms with Crippen molar-refractivity contribution < 1.29 is 18.5 Å². The zero-order chi connectivity index (χ0) is 31.9. The van der Waals surface area contributed by atoms with E-state index in [-0.39, 0.29) is 41.0 Å². The first-order valence-electron chi connectivity index (χ1n) is 15.2. The van der Waals surface area contributed by atoms with Crippen LogP contribution in [0.15, 0.2) is 65.2 Å². The van der Waals surface area contributed by atoms with Crippen LogP contribution in [0.1, 0.15) is 71.6 Å². The minimum atomic E-state index is -2.91. The van der Waals surface area contributed by atoms with Gasteiger partial charge < -0.3 is 23.9 Å². The van der Waals surface area contributed by atoms with Crippen molar-refractivity contribution in [1.82, 2.24) is 15.5 Å². The van der Waals surface area contributed by atoms with E-state index in [1.807, 2.05) is 46.8 Å². The second-order valence-electron chi connectivity index (χ2n) is 13.7. The molecule has 0 aliphatic carbocycles. The van der Waals surface area contributed by atoms with E-state index < -0.39 is 13.9 Å². The summed E-state index contributed by atoms with van der Waals surface area (Å²) in [7, 11) is -2.91. The molecule has 0 unspecified atom stereocenters. The molecule has 2 aromatic carbocycles. The zero-order valence-corrected chi connectivity index (χ0v) is 28.7. The average molecular weight is 635 g/mol. The van der Waals surface area contributed by atoms with E-state index in [4.69, 9.17) is 30.3 Å². The second kappa shape index (κ2) is 12.3. The fraction of sp³-hybridized carbons (Fsp3) is 0.441. The first-order valence-corrected chi connectivity index (χ1v) is 17.5. The number of hydrogen-bond acceptors (Lipinski definition) is 7. The number of carbonyl (C=O) groups is 1. The molecule has 0 saturated carbocycles. The Morgan fingerprint density at radius 2 is 1.52 bits per heavy atom. The van der Waals surface area contributed by atoms with Crippen molar-refractivity contribution in [3.05, 3.63) is 77.1 Å². The smallest absolute Gasteiger partial charge is 0.276 e. The highest BCUT2D eigenvalue weighted by molar-refractivity contribution is 6.99. The maximum atomic E-state index is 13.3. The predicted molar refractivity (Wildman–Crippen MR) is 179 cm³/mol. The van der Waals surface area contributed by atoms with E-state index in [1.165, 1.54) is 0 Å². The highest BCUT2D eigenvalue weighted by Gasteiger charge is 2.50. The van der Waals surface area contributed by atoms with Crippen LogP contribution in [0.3, 0.4) is 0 Å². The molecule has 1 saturated heterocycles. The van der Waals surface area contributed by atoms with Crippen LogP contribution in [0.5, 0.6) is 0 Å². The Morgan fingerprint density at radius 3 is 2.02 bits per heavy atom. The lowest BCUT2D eigenvalue weighted by atomic mass is 10.1. The number of rotatable bonds is 7. The number of morpholine rings is 1. The number of pyridine rings is 1. The third-order valence-electron chi connectivity index (χ3n) is 7.88. The maximum absolute atomic E-state index is 13.3. The molecular weight excluding hydrogens is 592 g/mol. The molecule has 2 atom stereocenters. The van der Waals surface area contributed by atoms with Gasteiger partial charge in [0, 0.05) is 18.6 Å². The van der Waals surface area contributed by atoms with Crippen molar-refractivity contribution in [2.24, 2.45) is 0 Å². The van der Waals surface area contributed by atoms with Crippen molar-refractivity contribution in [3.8, 4) is 0 Å². The number of nitrogens with one attached hydrogen (secondary N) is 1. The number of carbonyl (C=O) groups excluding carboxylic acids is 1. The van der Waals surface area contributed by atoms with E-state index in [0.717, 1.165) is 16.1 Å². The minimum absolute atomic E-state index is 0.0150. The summed E-state index contributed by atoms with van der Waals surface area (Å²) < 4.78 is 19.0. The molecular formula is C34H43ClN4O4Si. The molecule has 0 spiro atoms. The quantitative estimate of drug-likeness (QED) is 0.246. The molecule has 1 N–H and O–H groups in total. The molecule has 4 aromatic rings. The highest BCUT2D eigenvalue weighted by Crippen LogP contribution is 2.41. The monoisotopic (exact) mass is 634 g/mol. The SMILES string of the molecule is C[C@@H]1CN(c2c(CO[Si](c3ccccc3)(c3ccccc3)C(C)(C)C)nc3c(C(=O)NC(C)(C)C)noc3c2Cl)C[C@H](C)O1. The fourth-order valence-corrected chi connectivity index (χ4v) is 11.1. The summed E-state index contributed by atoms with van der Waals surface area (Å²) in [5.74, 6) is -0.375. The number of nitrogens with zero attached hydrogens (tertiary/aromatic N) is 3. The average Bonchev–Trinajstić information content (AvgIpc) is 3.37. The largest absolute Gasteiger partial charge is 0.401 e. The zero-order valence-electron chi connectivity index (χ0n) is 26.9. The fourth-order valence-electron chi connectivity index (χ4n) is 6.22.